The number of nitrogens with zero attached hydrogens (tertiary/aromatic N) is 6. The molecular weight excluding hydrogens is 467 g/mol. The molecule has 8 nitrogen and oxygen atoms in total. The first-order valence-corrected chi connectivity index (χ1v) is 11.6. The predicted octanol–water partition coefficient (Wildman–Crippen LogP) is 3.63. The zero-order valence-corrected chi connectivity index (χ0v) is 19.2. The molecule has 174 valence electrons. The molecule has 1 aliphatic rings. The highest BCUT2D eigenvalue weighted by Gasteiger charge is 2.21. The fourth-order valence-corrected chi connectivity index (χ4v) is 5.05. The van der Waals surface area contributed by atoms with E-state index in [0.717, 1.165) is 16.9 Å². The topological polar surface area (TPSA) is 110 Å². The standard InChI is InChI=1S/C25H19FN6O2S/c26-20-2-3-22(17(7-20)9-27)35-23-8-18(13-32-25(23)19(10-28)12-30-32)16-1-4-24(29-11-16)31-5-6-34-21(14-31)15-33/h1-4,7-8,11-13,21,33H,5-6,14-15H2. The number of aromatic nitrogens is 3. The molecule has 0 bridgehead atoms. The smallest absolute Gasteiger partial charge is 0.128 e. The van der Waals surface area contributed by atoms with Gasteiger partial charge in [-0.15, -0.1) is 0 Å². The van der Waals surface area contributed by atoms with Crippen molar-refractivity contribution in [3.05, 3.63) is 71.9 Å². The Labute approximate surface area is 204 Å². The van der Waals surface area contributed by atoms with Crippen molar-refractivity contribution in [3.63, 3.8) is 0 Å². The zero-order valence-electron chi connectivity index (χ0n) is 18.4. The summed E-state index contributed by atoms with van der Waals surface area (Å²) >= 11 is 1.28. The molecule has 1 fully saturated rings. The number of pyridine rings is 2. The number of nitriles is 2. The van der Waals surface area contributed by atoms with Crippen LogP contribution in [0, 0.1) is 28.5 Å². The second kappa shape index (κ2) is 9.72. The fraction of sp³-hybridized carbons (Fsp3) is 0.200. The molecule has 1 aliphatic heterocycles. The van der Waals surface area contributed by atoms with Gasteiger partial charge in [0.05, 0.1) is 42.2 Å². The SMILES string of the molecule is N#Cc1cc(F)ccc1Sc1cc(-c2ccc(N3CCOC(CO)C3)nc2)cn2ncc(C#N)c12. The van der Waals surface area contributed by atoms with Crippen LogP contribution < -0.4 is 4.90 Å². The maximum absolute atomic E-state index is 13.6. The number of halogens is 1. The first-order valence-electron chi connectivity index (χ1n) is 10.8. The van der Waals surface area contributed by atoms with Gasteiger partial charge in [-0.1, -0.05) is 11.8 Å². The number of anilines is 1. The van der Waals surface area contributed by atoms with Crippen LogP contribution in [0.5, 0.6) is 0 Å². The molecule has 4 aromatic rings. The predicted molar refractivity (Wildman–Crippen MR) is 127 cm³/mol. The van der Waals surface area contributed by atoms with E-state index < -0.39 is 5.82 Å². The summed E-state index contributed by atoms with van der Waals surface area (Å²) in [6, 6.07) is 14.0. The van der Waals surface area contributed by atoms with E-state index in [-0.39, 0.29) is 18.3 Å². The number of aliphatic hydroxyl groups excluding tert-OH is 1. The summed E-state index contributed by atoms with van der Waals surface area (Å²) in [5, 5.41) is 32.8. The number of fused-ring (bicyclic) bond motifs is 1. The van der Waals surface area contributed by atoms with Crippen LogP contribution in [0.25, 0.3) is 16.6 Å². The lowest BCUT2D eigenvalue weighted by Gasteiger charge is -2.32. The molecule has 10 heteroatoms. The molecule has 0 radical (unpaired) electrons. The van der Waals surface area contributed by atoms with Crippen molar-refractivity contribution < 1.29 is 14.2 Å². The van der Waals surface area contributed by atoms with Gasteiger partial charge in [-0.2, -0.15) is 15.6 Å². The minimum Gasteiger partial charge on any atom is -0.394 e. The van der Waals surface area contributed by atoms with E-state index in [1.54, 1.807) is 16.8 Å². The minimum absolute atomic E-state index is 0.0365. The van der Waals surface area contributed by atoms with Crippen molar-refractivity contribution in [2.45, 2.75) is 15.9 Å². The highest BCUT2D eigenvalue weighted by atomic mass is 32.2. The summed E-state index contributed by atoms with van der Waals surface area (Å²) in [6.07, 6.45) is 4.85. The van der Waals surface area contributed by atoms with E-state index in [2.05, 4.69) is 21.1 Å². The number of hydrogen-bond donors (Lipinski definition) is 1. The lowest BCUT2D eigenvalue weighted by molar-refractivity contribution is 0.00336. The van der Waals surface area contributed by atoms with Crippen LogP contribution in [0.2, 0.25) is 0 Å². The minimum atomic E-state index is -0.483. The Bertz CT molecular complexity index is 1470. The number of rotatable bonds is 5. The van der Waals surface area contributed by atoms with E-state index in [1.807, 2.05) is 30.5 Å². The van der Waals surface area contributed by atoms with Crippen molar-refractivity contribution in [3.8, 4) is 23.3 Å². The van der Waals surface area contributed by atoms with Gasteiger partial charge in [0.15, 0.2) is 0 Å². The van der Waals surface area contributed by atoms with E-state index in [0.29, 0.717) is 40.6 Å². The van der Waals surface area contributed by atoms with Gasteiger partial charge in [-0.25, -0.2) is 13.9 Å². The third-order valence-electron chi connectivity index (χ3n) is 5.73. The van der Waals surface area contributed by atoms with Crippen molar-refractivity contribution in [2.75, 3.05) is 31.2 Å². The van der Waals surface area contributed by atoms with Gasteiger partial charge in [0.2, 0.25) is 0 Å². The first kappa shape index (κ1) is 22.8. The van der Waals surface area contributed by atoms with E-state index in [1.165, 1.54) is 30.1 Å². The lowest BCUT2D eigenvalue weighted by Crippen LogP contribution is -2.44. The first-order chi connectivity index (χ1) is 17.1. The molecule has 4 heterocycles. The number of aliphatic hydroxyl groups is 1. The third-order valence-corrected chi connectivity index (χ3v) is 6.83. The Morgan fingerprint density at radius 2 is 1.94 bits per heavy atom. The molecule has 1 atom stereocenters. The average molecular weight is 487 g/mol. The maximum atomic E-state index is 13.6. The molecule has 0 saturated carbocycles. The van der Waals surface area contributed by atoms with Crippen molar-refractivity contribution in [1.29, 1.82) is 10.5 Å². The maximum Gasteiger partial charge on any atom is 0.128 e. The Balaban J connectivity index is 1.52. The Morgan fingerprint density at radius 1 is 1.09 bits per heavy atom. The van der Waals surface area contributed by atoms with E-state index in [4.69, 9.17) is 4.74 Å². The third kappa shape index (κ3) is 4.55. The fourth-order valence-electron chi connectivity index (χ4n) is 3.98. The number of benzene rings is 1. The van der Waals surface area contributed by atoms with Crippen LogP contribution in [0.4, 0.5) is 10.2 Å². The Kier molecular flexibility index (Phi) is 6.34. The van der Waals surface area contributed by atoms with Gasteiger partial charge in [0.25, 0.3) is 0 Å². The largest absolute Gasteiger partial charge is 0.394 e. The van der Waals surface area contributed by atoms with Gasteiger partial charge < -0.3 is 14.7 Å². The van der Waals surface area contributed by atoms with E-state index >= 15 is 0 Å². The molecule has 1 aromatic carbocycles. The summed E-state index contributed by atoms with van der Waals surface area (Å²) in [7, 11) is 0. The average Bonchev–Trinajstić information content (AvgIpc) is 3.33. The van der Waals surface area contributed by atoms with Crippen LogP contribution in [0.3, 0.4) is 0 Å². The van der Waals surface area contributed by atoms with Crippen molar-refractivity contribution in [2.24, 2.45) is 0 Å². The molecular formula is C25H19FN6O2S. The number of hydrogen-bond acceptors (Lipinski definition) is 8. The van der Waals surface area contributed by atoms with Crippen LogP contribution in [-0.2, 0) is 4.74 Å². The monoisotopic (exact) mass is 486 g/mol. The Hall–Kier alpha value is -3.96. The van der Waals surface area contributed by atoms with Crippen LogP contribution >= 0.6 is 11.8 Å². The van der Waals surface area contributed by atoms with E-state index in [9.17, 15) is 20.0 Å². The highest BCUT2D eigenvalue weighted by Crippen LogP contribution is 2.37. The van der Waals surface area contributed by atoms with Gasteiger partial charge in [-0.3, -0.25) is 0 Å². The van der Waals surface area contributed by atoms with Crippen LogP contribution in [0.1, 0.15) is 11.1 Å². The molecule has 5 rings (SSSR count). The molecule has 1 unspecified atom stereocenters. The second-order valence-electron chi connectivity index (χ2n) is 7.94. The van der Waals surface area contributed by atoms with Crippen molar-refractivity contribution >= 4 is 23.1 Å². The molecule has 3 aromatic heterocycles. The van der Waals surface area contributed by atoms with Gasteiger partial charge in [-0.05, 0) is 36.4 Å². The molecule has 0 spiro atoms. The summed E-state index contributed by atoms with van der Waals surface area (Å²) in [6.45, 7) is 1.75. The van der Waals surface area contributed by atoms with Crippen LogP contribution in [-0.4, -0.2) is 52.1 Å². The number of ether oxygens (including phenoxy) is 1. The summed E-state index contributed by atoms with van der Waals surface area (Å²) in [5.41, 5.74) is 2.90. The summed E-state index contributed by atoms with van der Waals surface area (Å²) in [5.74, 6) is 0.311. The second-order valence-corrected chi connectivity index (χ2v) is 9.02. The molecule has 0 amide bonds. The molecule has 1 saturated heterocycles. The molecule has 35 heavy (non-hydrogen) atoms. The number of morpholine rings is 1. The van der Waals surface area contributed by atoms with Gasteiger partial charge in [0.1, 0.15) is 23.8 Å². The quantitative estimate of drug-likeness (QED) is 0.455. The van der Waals surface area contributed by atoms with Crippen molar-refractivity contribution in [1.82, 2.24) is 14.6 Å². The van der Waals surface area contributed by atoms with Gasteiger partial charge in [0, 0.05) is 46.4 Å². The normalized spacial score (nSPS) is 15.7. The summed E-state index contributed by atoms with van der Waals surface area (Å²) < 4.78 is 20.8. The highest BCUT2D eigenvalue weighted by molar-refractivity contribution is 7.99. The molecule has 1 N–H and O–H groups in total. The lowest BCUT2D eigenvalue weighted by atomic mass is 10.1. The summed E-state index contributed by atoms with van der Waals surface area (Å²) in [4.78, 5) is 7.98. The van der Waals surface area contributed by atoms with Gasteiger partial charge >= 0.3 is 0 Å². The van der Waals surface area contributed by atoms with Crippen LogP contribution in [0.15, 0.2) is 64.8 Å². The zero-order chi connectivity index (χ0) is 24.4. The molecule has 0 aliphatic carbocycles. The Morgan fingerprint density at radius 3 is 2.69 bits per heavy atom.